The molecule has 0 radical (unpaired) electrons. The molecule has 7 nitrogen and oxygen atoms in total. The van der Waals surface area contributed by atoms with Crippen molar-refractivity contribution in [2.24, 2.45) is 0 Å². The van der Waals surface area contributed by atoms with Crippen LogP contribution in [0.25, 0.3) is 11.0 Å². The van der Waals surface area contributed by atoms with Crippen molar-refractivity contribution in [3.8, 4) is 0 Å². The summed E-state index contributed by atoms with van der Waals surface area (Å²) in [6.45, 7) is 2.66. The maximum absolute atomic E-state index is 12.5. The minimum absolute atomic E-state index is 0.0252. The van der Waals surface area contributed by atoms with E-state index in [0.29, 0.717) is 17.6 Å². The second-order valence-electron chi connectivity index (χ2n) is 5.35. The Bertz CT molecular complexity index is 696. The maximum Gasteiger partial charge on any atom is 0.328 e. The Morgan fingerprint density at radius 1 is 1.26 bits per heavy atom. The summed E-state index contributed by atoms with van der Waals surface area (Å²) in [6.07, 6.45) is 2.77. The summed E-state index contributed by atoms with van der Waals surface area (Å²) < 4.78 is 1.27. The molecule has 2 rings (SSSR count). The highest BCUT2D eigenvalue weighted by Crippen LogP contribution is 2.21. The van der Waals surface area contributed by atoms with Crippen LogP contribution in [0.4, 0.5) is 15.5 Å². The average molecular weight is 317 g/mol. The Labute approximate surface area is 134 Å². The highest BCUT2D eigenvalue weighted by Gasteiger charge is 2.19. The van der Waals surface area contributed by atoms with Gasteiger partial charge >= 0.3 is 6.03 Å². The third-order valence-electron chi connectivity index (χ3n) is 3.63. The molecule has 0 atom stereocenters. The van der Waals surface area contributed by atoms with Crippen molar-refractivity contribution in [2.45, 2.75) is 32.6 Å². The first-order valence-electron chi connectivity index (χ1n) is 7.76. The first-order valence-corrected chi connectivity index (χ1v) is 7.76. The molecule has 2 amide bonds. The number of hydrogen-bond donors (Lipinski definition) is 1. The summed E-state index contributed by atoms with van der Waals surface area (Å²) in [5, 5.41) is 13.9. The number of nitrogens with one attached hydrogen (secondary N) is 1. The highest BCUT2D eigenvalue weighted by atomic mass is 16.4. The number of imidazole rings is 1. The van der Waals surface area contributed by atoms with Crippen molar-refractivity contribution < 1.29 is 14.7 Å². The van der Waals surface area contributed by atoms with Crippen molar-refractivity contribution in [2.75, 3.05) is 18.5 Å². The number of nitrogens with zero attached hydrogens (tertiary/aromatic N) is 3. The Morgan fingerprint density at radius 3 is 2.70 bits per heavy atom. The molecule has 0 bridgehead atoms. The molecule has 23 heavy (non-hydrogen) atoms. The first kappa shape index (κ1) is 16.8. The Balaban J connectivity index is 2.24. The van der Waals surface area contributed by atoms with E-state index in [9.17, 15) is 14.7 Å². The van der Waals surface area contributed by atoms with E-state index in [0.717, 1.165) is 30.6 Å². The quantitative estimate of drug-likeness (QED) is 0.825. The standard InChI is InChI=1S/C16H22N4O3/c1-3-4-5-8-11-17-15(21)20-13-10-7-6-9-12(13)18-14(20)19(2)16(22)23/h6-7,9-10H,3-5,8,11H2,1-2H3,(H,17,21)(H,22,23)/p-1. The normalized spacial score (nSPS) is 10.7. The molecule has 0 aliphatic rings. The van der Waals surface area contributed by atoms with E-state index in [4.69, 9.17) is 0 Å². The predicted molar refractivity (Wildman–Crippen MR) is 86.5 cm³/mol. The maximum atomic E-state index is 12.5. The largest absolute Gasteiger partial charge is 0.530 e. The van der Waals surface area contributed by atoms with Gasteiger partial charge in [-0.25, -0.2) is 14.3 Å². The van der Waals surface area contributed by atoms with Crippen LogP contribution in [-0.4, -0.2) is 35.3 Å². The van der Waals surface area contributed by atoms with Crippen molar-refractivity contribution >= 4 is 29.1 Å². The number of carboxylic acid groups (broad SMARTS) is 1. The molecule has 2 aromatic rings. The molecule has 0 saturated heterocycles. The van der Waals surface area contributed by atoms with E-state index in [1.165, 1.54) is 11.6 Å². The van der Waals surface area contributed by atoms with Gasteiger partial charge in [0.15, 0.2) is 0 Å². The fourth-order valence-corrected chi connectivity index (χ4v) is 2.35. The third kappa shape index (κ3) is 3.80. The van der Waals surface area contributed by atoms with Gasteiger partial charge in [0.25, 0.3) is 0 Å². The van der Waals surface area contributed by atoms with Gasteiger partial charge in [-0.1, -0.05) is 38.3 Å². The molecule has 1 aromatic heterocycles. The third-order valence-corrected chi connectivity index (χ3v) is 3.63. The second-order valence-corrected chi connectivity index (χ2v) is 5.35. The number of fused-ring (bicyclic) bond motifs is 1. The molecule has 0 spiro atoms. The molecule has 1 N–H and O–H groups in total. The molecule has 124 valence electrons. The van der Waals surface area contributed by atoms with E-state index < -0.39 is 12.1 Å². The van der Waals surface area contributed by atoms with E-state index in [-0.39, 0.29) is 5.95 Å². The first-order chi connectivity index (χ1) is 11.1. The van der Waals surface area contributed by atoms with Crippen molar-refractivity contribution in [1.82, 2.24) is 14.9 Å². The Morgan fingerprint density at radius 2 is 2.00 bits per heavy atom. The minimum atomic E-state index is -1.42. The molecule has 0 unspecified atom stereocenters. The minimum Gasteiger partial charge on any atom is -0.530 e. The Kier molecular flexibility index (Phi) is 5.56. The lowest BCUT2D eigenvalue weighted by Crippen LogP contribution is -2.41. The number of carbonyl (C=O) groups is 2. The van der Waals surface area contributed by atoms with Gasteiger partial charge in [0, 0.05) is 13.6 Å². The highest BCUT2D eigenvalue weighted by molar-refractivity contribution is 5.96. The van der Waals surface area contributed by atoms with Crippen LogP contribution in [0.15, 0.2) is 24.3 Å². The zero-order valence-corrected chi connectivity index (χ0v) is 13.4. The lowest BCUT2D eigenvalue weighted by Gasteiger charge is -2.19. The number of aromatic nitrogens is 2. The number of carbonyl (C=O) groups excluding carboxylic acids is 2. The lowest BCUT2D eigenvalue weighted by atomic mass is 10.2. The van der Waals surface area contributed by atoms with Crippen LogP contribution in [0.5, 0.6) is 0 Å². The summed E-state index contributed by atoms with van der Waals surface area (Å²) in [6, 6.07) is 6.62. The van der Waals surface area contributed by atoms with E-state index in [2.05, 4.69) is 17.2 Å². The van der Waals surface area contributed by atoms with Crippen LogP contribution in [0.1, 0.15) is 32.6 Å². The van der Waals surface area contributed by atoms with E-state index in [1.807, 2.05) is 0 Å². The zero-order chi connectivity index (χ0) is 16.8. The fourth-order valence-electron chi connectivity index (χ4n) is 2.35. The molecule has 7 heteroatoms. The van der Waals surface area contributed by atoms with Gasteiger partial charge in [-0.3, -0.25) is 0 Å². The van der Waals surface area contributed by atoms with Gasteiger partial charge in [-0.05, 0) is 18.6 Å². The SMILES string of the molecule is CCCCCCNC(=O)n1c(N(C)C(=O)[O-])nc2ccccc21. The summed E-state index contributed by atoms with van der Waals surface area (Å²) in [5.41, 5.74) is 1.11. The Hall–Kier alpha value is -2.57. The van der Waals surface area contributed by atoms with Gasteiger partial charge in [0.1, 0.15) is 6.09 Å². The lowest BCUT2D eigenvalue weighted by molar-refractivity contribution is -0.246. The van der Waals surface area contributed by atoms with Gasteiger partial charge in [0.2, 0.25) is 5.95 Å². The van der Waals surface area contributed by atoms with Crippen molar-refractivity contribution in [1.29, 1.82) is 0 Å². The summed E-state index contributed by atoms with van der Waals surface area (Å²) >= 11 is 0. The number of hydrogen-bond acceptors (Lipinski definition) is 4. The number of amides is 2. The number of anilines is 1. The van der Waals surface area contributed by atoms with E-state index in [1.54, 1.807) is 24.3 Å². The van der Waals surface area contributed by atoms with Gasteiger partial charge in [-0.2, -0.15) is 0 Å². The predicted octanol–water partition coefficient (Wildman–Crippen LogP) is 1.95. The molecule has 0 aliphatic carbocycles. The van der Waals surface area contributed by atoms with Crippen LogP contribution in [0.3, 0.4) is 0 Å². The monoisotopic (exact) mass is 317 g/mol. The van der Waals surface area contributed by atoms with Gasteiger partial charge in [-0.15, -0.1) is 0 Å². The summed E-state index contributed by atoms with van der Waals surface area (Å²) in [7, 11) is 1.31. The van der Waals surface area contributed by atoms with Gasteiger partial charge < -0.3 is 20.1 Å². The van der Waals surface area contributed by atoms with E-state index >= 15 is 0 Å². The van der Waals surface area contributed by atoms with Crippen LogP contribution < -0.4 is 15.3 Å². The topological polar surface area (TPSA) is 90.3 Å². The molecule has 0 saturated carbocycles. The second kappa shape index (κ2) is 7.62. The molecular weight excluding hydrogens is 296 g/mol. The molecule has 0 aliphatic heterocycles. The molecule has 1 heterocycles. The molecule has 1 aromatic carbocycles. The smallest absolute Gasteiger partial charge is 0.328 e. The van der Waals surface area contributed by atoms with Crippen LogP contribution in [0, 0.1) is 0 Å². The number of benzene rings is 1. The van der Waals surface area contributed by atoms with Gasteiger partial charge in [0.05, 0.1) is 11.0 Å². The molecule has 0 fully saturated rings. The van der Waals surface area contributed by atoms with Crippen molar-refractivity contribution in [3.05, 3.63) is 24.3 Å². The summed E-state index contributed by atoms with van der Waals surface area (Å²) in [5.74, 6) is 0.0252. The summed E-state index contributed by atoms with van der Waals surface area (Å²) in [4.78, 5) is 28.6. The number of para-hydroxylation sites is 2. The fraction of sp³-hybridized carbons (Fsp3) is 0.438. The average Bonchev–Trinajstić information content (AvgIpc) is 2.93. The number of unbranched alkanes of at least 4 members (excludes halogenated alkanes) is 3. The van der Waals surface area contributed by atoms with Crippen LogP contribution in [0.2, 0.25) is 0 Å². The van der Waals surface area contributed by atoms with Crippen LogP contribution >= 0.6 is 0 Å². The van der Waals surface area contributed by atoms with Crippen molar-refractivity contribution in [3.63, 3.8) is 0 Å². The zero-order valence-electron chi connectivity index (χ0n) is 13.4. The van der Waals surface area contributed by atoms with Crippen LogP contribution in [-0.2, 0) is 0 Å². The molecular formula is C16H21N4O3-. The number of rotatable bonds is 6.